The Hall–Kier alpha value is -8.40. The monoisotopic (exact) mass is 766 g/mol. The molecule has 6 heteroatoms. The van der Waals surface area contributed by atoms with Gasteiger partial charge in [0, 0.05) is 38.8 Å². The van der Waals surface area contributed by atoms with Crippen molar-refractivity contribution in [1.82, 2.24) is 24.9 Å². The molecule has 0 saturated heterocycles. The zero-order valence-corrected chi connectivity index (χ0v) is 32.3. The smallest absolute Gasteiger partial charge is 0.164 e. The Balaban J connectivity index is 1.09. The molecule has 0 bridgehead atoms. The molecule has 10 aromatic rings. The van der Waals surface area contributed by atoms with E-state index in [1.54, 1.807) is 0 Å². The molecule has 0 fully saturated rings. The van der Waals surface area contributed by atoms with E-state index in [4.69, 9.17) is 24.9 Å². The summed E-state index contributed by atoms with van der Waals surface area (Å²) in [7, 11) is 0. The van der Waals surface area contributed by atoms with Gasteiger partial charge in [0.25, 0.3) is 0 Å². The Kier molecular flexibility index (Phi) is 9.51. The highest BCUT2D eigenvalue weighted by Crippen LogP contribution is 2.37. The van der Waals surface area contributed by atoms with E-state index in [2.05, 4.69) is 78.9 Å². The lowest BCUT2D eigenvalue weighted by atomic mass is 9.94. The van der Waals surface area contributed by atoms with Crippen molar-refractivity contribution in [1.29, 1.82) is 5.26 Å². The molecule has 0 aliphatic rings. The third-order valence-electron chi connectivity index (χ3n) is 10.6. The van der Waals surface area contributed by atoms with E-state index in [1.807, 2.05) is 133 Å². The summed E-state index contributed by atoms with van der Waals surface area (Å²) in [6.45, 7) is 0. The lowest BCUT2D eigenvalue weighted by Gasteiger charge is -2.14. The van der Waals surface area contributed by atoms with Crippen LogP contribution in [0.15, 0.2) is 206 Å². The second-order valence-electron chi connectivity index (χ2n) is 14.4. The second kappa shape index (κ2) is 15.9. The highest BCUT2D eigenvalue weighted by molar-refractivity contribution is 6.00. The van der Waals surface area contributed by atoms with Crippen LogP contribution in [0.2, 0.25) is 0 Å². The van der Waals surface area contributed by atoms with Gasteiger partial charge in [-0.15, -0.1) is 0 Å². The normalized spacial score (nSPS) is 11.0. The van der Waals surface area contributed by atoms with E-state index in [0.717, 1.165) is 77.8 Å². The van der Waals surface area contributed by atoms with Crippen LogP contribution < -0.4 is 0 Å². The minimum atomic E-state index is 0.562. The predicted octanol–water partition coefficient (Wildman–Crippen LogP) is 13.0. The molecule has 0 N–H and O–H groups in total. The first-order chi connectivity index (χ1) is 29.7. The molecule has 0 unspecified atom stereocenters. The van der Waals surface area contributed by atoms with Crippen LogP contribution in [0.3, 0.4) is 0 Å². The molecule has 0 aliphatic carbocycles. The van der Waals surface area contributed by atoms with Crippen molar-refractivity contribution in [3.63, 3.8) is 0 Å². The summed E-state index contributed by atoms with van der Waals surface area (Å²) in [4.78, 5) is 25.4. The molecule has 10 rings (SSSR count). The van der Waals surface area contributed by atoms with E-state index in [9.17, 15) is 5.26 Å². The molecule has 6 nitrogen and oxygen atoms in total. The standard InChI is InChI=1S/C54H34N6/c55-35-43-30-31-46(47-28-12-10-27-45(43)47)40-23-15-25-42(33-40)54-59-52(38-20-8-3-9-21-38)58-53(60-54)41-24-14-22-39(32-41)44-26-11-13-29-48(44)50-34-49(36-16-4-1-5-17-36)56-51(57-50)37-18-6-2-7-19-37/h1-34H. The Morgan fingerprint density at radius 1 is 0.283 bits per heavy atom. The first-order valence-electron chi connectivity index (χ1n) is 19.7. The van der Waals surface area contributed by atoms with Gasteiger partial charge in [0.15, 0.2) is 23.3 Å². The molecule has 0 atom stereocenters. The van der Waals surface area contributed by atoms with E-state index in [-0.39, 0.29) is 0 Å². The zero-order valence-electron chi connectivity index (χ0n) is 32.3. The lowest BCUT2D eigenvalue weighted by molar-refractivity contribution is 1.07. The van der Waals surface area contributed by atoms with Gasteiger partial charge in [-0.3, -0.25) is 0 Å². The minimum Gasteiger partial charge on any atom is -0.228 e. The maximum absolute atomic E-state index is 9.80. The van der Waals surface area contributed by atoms with E-state index >= 15 is 0 Å². The Labute approximate surface area is 347 Å². The molecule has 60 heavy (non-hydrogen) atoms. The molecule has 0 aliphatic heterocycles. The Morgan fingerprint density at radius 2 is 0.717 bits per heavy atom. The van der Waals surface area contributed by atoms with Gasteiger partial charge >= 0.3 is 0 Å². The lowest BCUT2D eigenvalue weighted by Crippen LogP contribution is -2.00. The summed E-state index contributed by atoms with van der Waals surface area (Å²) in [5, 5.41) is 11.7. The van der Waals surface area contributed by atoms with Crippen LogP contribution in [-0.2, 0) is 0 Å². The SMILES string of the molecule is N#Cc1ccc(-c2cccc(-c3nc(-c4ccccc4)nc(-c4cccc(-c5ccccc5-c5cc(-c6ccccc6)nc(-c6ccccc6)n5)c4)n3)c2)c2ccccc12. The fourth-order valence-electron chi connectivity index (χ4n) is 7.67. The van der Waals surface area contributed by atoms with Gasteiger partial charge in [-0.2, -0.15) is 5.26 Å². The topological polar surface area (TPSA) is 88.2 Å². The molecule has 0 saturated carbocycles. The first-order valence-corrected chi connectivity index (χ1v) is 19.7. The van der Waals surface area contributed by atoms with Crippen molar-refractivity contribution in [3.8, 4) is 96.4 Å². The van der Waals surface area contributed by atoms with Crippen molar-refractivity contribution in [2.45, 2.75) is 0 Å². The summed E-state index contributed by atoms with van der Waals surface area (Å²) >= 11 is 0. The largest absolute Gasteiger partial charge is 0.228 e. The van der Waals surface area contributed by atoms with Crippen molar-refractivity contribution in [3.05, 3.63) is 212 Å². The quantitative estimate of drug-likeness (QED) is 0.153. The third kappa shape index (κ3) is 7.08. The highest BCUT2D eigenvalue weighted by atomic mass is 15.0. The third-order valence-corrected chi connectivity index (χ3v) is 10.6. The summed E-state index contributed by atoms with van der Waals surface area (Å²) in [6, 6.07) is 71.7. The summed E-state index contributed by atoms with van der Waals surface area (Å²) in [5.74, 6) is 2.37. The number of benzene rings is 8. The first kappa shape index (κ1) is 36.0. The number of rotatable bonds is 8. The number of nitrogens with zero attached hydrogens (tertiary/aromatic N) is 6. The molecular weight excluding hydrogens is 733 g/mol. The number of fused-ring (bicyclic) bond motifs is 1. The van der Waals surface area contributed by atoms with Gasteiger partial charge in [-0.25, -0.2) is 24.9 Å². The van der Waals surface area contributed by atoms with Gasteiger partial charge in [-0.1, -0.05) is 182 Å². The Bertz CT molecular complexity index is 3150. The number of aromatic nitrogens is 5. The minimum absolute atomic E-state index is 0.562. The van der Waals surface area contributed by atoms with Crippen molar-refractivity contribution >= 4 is 10.8 Å². The van der Waals surface area contributed by atoms with Crippen molar-refractivity contribution in [2.75, 3.05) is 0 Å². The molecule has 280 valence electrons. The fraction of sp³-hybridized carbons (Fsp3) is 0. The van der Waals surface area contributed by atoms with Crippen LogP contribution >= 0.6 is 0 Å². The summed E-state index contributed by atoms with van der Waals surface area (Å²) < 4.78 is 0. The van der Waals surface area contributed by atoms with Crippen LogP contribution in [0.25, 0.3) is 101 Å². The van der Waals surface area contributed by atoms with E-state index in [1.165, 1.54) is 0 Å². The molecular formula is C54H34N6. The number of hydrogen-bond acceptors (Lipinski definition) is 6. The molecule has 0 spiro atoms. The average Bonchev–Trinajstić information content (AvgIpc) is 3.34. The van der Waals surface area contributed by atoms with E-state index in [0.29, 0.717) is 28.9 Å². The molecule has 0 radical (unpaired) electrons. The van der Waals surface area contributed by atoms with E-state index < -0.39 is 0 Å². The van der Waals surface area contributed by atoms with Crippen LogP contribution in [-0.4, -0.2) is 24.9 Å². The molecule has 0 amide bonds. The fourth-order valence-corrected chi connectivity index (χ4v) is 7.67. The van der Waals surface area contributed by atoms with Crippen LogP contribution in [0.4, 0.5) is 0 Å². The van der Waals surface area contributed by atoms with Crippen LogP contribution in [0, 0.1) is 11.3 Å². The van der Waals surface area contributed by atoms with Gasteiger partial charge in [0.05, 0.1) is 23.0 Å². The molecule has 2 heterocycles. The highest BCUT2D eigenvalue weighted by Gasteiger charge is 2.17. The van der Waals surface area contributed by atoms with Crippen molar-refractivity contribution in [2.24, 2.45) is 0 Å². The number of hydrogen-bond donors (Lipinski definition) is 0. The molecule has 8 aromatic carbocycles. The summed E-state index contributed by atoms with van der Waals surface area (Å²) in [5.41, 5.74) is 12.0. The summed E-state index contributed by atoms with van der Waals surface area (Å²) in [6.07, 6.45) is 0. The van der Waals surface area contributed by atoms with Crippen LogP contribution in [0.5, 0.6) is 0 Å². The van der Waals surface area contributed by atoms with Gasteiger partial charge in [-0.05, 0) is 51.9 Å². The zero-order chi connectivity index (χ0) is 40.3. The van der Waals surface area contributed by atoms with Gasteiger partial charge in [0.1, 0.15) is 0 Å². The molecule has 2 aromatic heterocycles. The maximum Gasteiger partial charge on any atom is 0.164 e. The average molecular weight is 767 g/mol. The number of nitriles is 1. The Morgan fingerprint density at radius 3 is 1.32 bits per heavy atom. The van der Waals surface area contributed by atoms with Gasteiger partial charge in [0.2, 0.25) is 0 Å². The predicted molar refractivity (Wildman–Crippen MR) is 241 cm³/mol. The van der Waals surface area contributed by atoms with Crippen LogP contribution in [0.1, 0.15) is 5.56 Å². The second-order valence-corrected chi connectivity index (χ2v) is 14.4. The maximum atomic E-state index is 9.80. The van der Waals surface area contributed by atoms with Gasteiger partial charge < -0.3 is 0 Å². The van der Waals surface area contributed by atoms with Crippen molar-refractivity contribution < 1.29 is 0 Å².